The summed E-state index contributed by atoms with van der Waals surface area (Å²) in [5, 5.41) is 14.8. The molecule has 3 aromatic rings. The number of carbonyl (C=O) groups excluding carboxylic acids is 1. The van der Waals surface area contributed by atoms with Gasteiger partial charge in [0.2, 0.25) is 0 Å². The maximum Gasteiger partial charge on any atom is 0.269 e. The molecule has 1 amide bonds. The van der Waals surface area contributed by atoms with Gasteiger partial charge >= 0.3 is 0 Å². The van der Waals surface area contributed by atoms with Gasteiger partial charge in [-0.15, -0.1) is 5.10 Å². The lowest BCUT2D eigenvalue weighted by molar-refractivity contribution is -0.384. The molecular formula is C17H16N6O5S. The van der Waals surface area contributed by atoms with E-state index in [2.05, 4.69) is 9.82 Å². The predicted molar refractivity (Wildman–Crippen MR) is 105 cm³/mol. The molecule has 0 bridgehead atoms. The Morgan fingerprint density at radius 2 is 1.72 bits per heavy atom. The van der Waals surface area contributed by atoms with Gasteiger partial charge in [0.15, 0.2) is 5.82 Å². The maximum absolute atomic E-state index is 12.6. The van der Waals surface area contributed by atoms with E-state index in [1.54, 1.807) is 12.1 Å². The van der Waals surface area contributed by atoms with Crippen LogP contribution >= 0.6 is 0 Å². The predicted octanol–water partition coefficient (Wildman–Crippen LogP) is 1.57. The Bertz CT molecular complexity index is 1200. The highest BCUT2D eigenvalue weighted by atomic mass is 32.2. The summed E-state index contributed by atoms with van der Waals surface area (Å²) < 4.78 is 28.6. The lowest BCUT2D eigenvalue weighted by atomic mass is 10.2. The molecule has 1 heterocycles. The summed E-state index contributed by atoms with van der Waals surface area (Å²) in [4.78, 5) is 22.0. The van der Waals surface area contributed by atoms with Crippen LogP contribution in [-0.4, -0.2) is 29.0 Å². The molecule has 0 saturated heterocycles. The van der Waals surface area contributed by atoms with Gasteiger partial charge in [0.05, 0.1) is 15.5 Å². The van der Waals surface area contributed by atoms with E-state index in [-0.39, 0.29) is 33.5 Å². The van der Waals surface area contributed by atoms with Gasteiger partial charge in [0, 0.05) is 12.1 Å². The minimum absolute atomic E-state index is 0.0398. The van der Waals surface area contributed by atoms with Gasteiger partial charge in [-0.2, -0.15) is 0 Å². The van der Waals surface area contributed by atoms with E-state index in [1.165, 1.54) is 36.4 Å². The average Bonchev–Trinajstić information content (AvgIpc) is 2.97. The Balaban J connectivity index is 2.05. The Morgan fingerprint density at radius 1 is 1.14 bits per heavy atom. The summed E-state index contributed by atoms with van der Waals surface area (Å²) in [6.45, 7) is 1.81. The molecular weight excluding hydrogens is 400 g/mol. The molecule has 0 fully saturated rings. The van der Waals surface area contributed by atoms with Crippen molar-refractivity contribution in [3.05, 3.63) is 69.8 Å². The van der Waals surface area contributed by atoms with Gasteiger partial charge in [-0.1, -0.05) is 17.7 Å². The number of nitro groups is 1. The third-order valence-corrected chi connectivity index (χ3v) is 5.39. The van der Waals surface area contributed by atoms with Gasteiger partial charge < -0.3 is 11.5 Å². The number of non-ortho nitro benzene ring substituents is 1. The smallest absolute Gasteiger partial charge is 0.269 e. The zero-order valence-electron chi connectivity index (χ0n) is 15.1. The van der Waals surface area contributed by atoms with Crippen molar-refractivity contribution in [2.75, 3.05) is 10.5 Å². The van der Waals surface area contributed by atoms with Gasteiger partial charge in [-0.25, -0.2) is 13.1 Å². The topological polar surface area (TPSA) is 176 Å². The molecule has 0 aliphatic heterocycles. The van der Waals surface area contributed by atoms with Crippen LogP contribution in [-0.2, 0) is 10.0 Å². The zero-order valence-corrected chi connectivity index (χ0v) is 15.9. The van der Waals surface area contributed by atoms with E-state index in [0.717, 1.165) is 10.2 Å². The van der Waals surface area contributed by atoms with E-state index >= 15 is 0 Å². The average molecular weight is 416 g/mol. The highest BCUT2D eigenvalue weighted by Gasteiger charge is 2.25. The second-order valence-electron chi connectivity index (χ2n) is 6.08. The first kappa shape index (κ1) is 19.8. The van der Waals surface area contributed by atoms with Gasteiger partial charge in [0.25, 0.3) is 21.6 Å². The van der Waals surface area contributed by atoms with Crippen molar-refractivity contribution in [3.63, 3.8) is 0 Å². The van der Waals surface area contributed by atoms with E-state index < -0.39 is 20.9 Å². The minimum Gasteiger partial charge on any atom is -0.383 e. The number of primary amides is 1. The Morgan fingerprint density at radius 3 is 2.24 bits per heavy atom. The standard InChI is InChI=1S/C17H16N6O5S/c1-10-2-8-13(9-3-10)29(27,28)21-17-14(16(19)24)15(18)22(20-17)11-4-6-12(7-5-11)23(25)26/h2-9H,18H2,1H3,(H2,19,24)(H,20,21). The number of nitrogen functional groups attached to an aromatic ring is 1. The van der Waals surface area contributed by atoms with E-state index in [4.69, 9.17) is 11.5 Å². The number of rotatable bonds is 6. The SMILES string of the molecule is Cc1ccc(S(=O)(=O)Nc2nn(-c3ccc([N+](=O)[O-])cc3)c(N)c2C(N)=O)cc1. The monoisotopic (exact) mass is 416 g/mol. The summed E-state index contributed by atoms with van der Waals surface area (Å²) in [7, 11) is -4.07. The molecule has 2 aromatic carbocycles. The van der Waals surface area contributed by atoms with E-state index in [1.807, 2.05) is 6.92 Å². The molecule has 29 heavy (non-hydrogen) atoms. The summed E-state index contributed by atoms with van der Waals surface area (Å²) in [5.74, 6) is -1.56. The molecule has 0 radical (unpaired) electrons. The normalized spacial score (nSPS) is 11.2. The summed E-state index contributed by atoms with van der Waals surface area (Å²) >= 11 is 0. The Kier molecular flexibility index (Phi) is 4.95. The van der Waals surface area contributed by atoms with Crippen LogP contribution in [0.15, 0.2) is 53.4 Å². The van der Waals surface area contributed by atoms with Crippen molar-refractivity contribution in [2.45, 2.75) is 11.8 Å². The number of amides is 1. The van der Waals surface area contributed by atoms with E-state index in [0.29, 0.717) is 0 Å². The fourth-order valence-electron chi connectivity index (χ4n) is 2.56. The third-order valence-electron chi connectivity index (χ3n) is 4.03. The summed E-state index contributed by atoms with van der Waals surface area (Å²) in [5.41, 5.74) is 12.0. The van der Waals surface area contributed by atoms with Crippen LogP contribution in [0.25, 0.3) is 5.69 Å². The summed E-state index contributed by atoms with van der Waals surface area (Å²) in [6, 6.07) is 11.2. The first-order valence-electron chi connectivity index (χ1n) is 8.13. The fourth-order valence-corrected chi connectivity index (χ4v) is 3.57. The van der Waals surface area contributed by atoms with Crippen molar-refractivity contribution in [2.24, 2.45) is 5.73 Å². The van der Waals surface area contributed by atoms with Crippen molar-refractivity contribution < 1.29 is 18.1 Å². The first-order valence-corrected chi connectivity index (χ1v) is 9.61. The third kappa shape index (κ3) is 3.87. The minimum atomic E-state index is -4.07. The number of benzene rings is 2. The van der Waals surface area contributed by atoms with E-state index in [9.17, 15) is 23.3 Å². The van der Waals surface area contributed by atoms with Crippen LogP contribution in [0.1, 0.15) is 15.9 Å². The molecule has 0 aliphatic rings. The number of aromatic nitrogens is 2. The number of hydrogen-bond acceptors (Lipinski definition) is 7. The lowest BCUT2D eigenvalue weighted by Gasteiger charge is -2.07. The molecule has 0 saturated carbocycles. The molecule has 1 aromatic heterocycles. The van der Waals surface area contributed by atoms with Crippen molar-refractivity contribution in [1.82, 2.24) is 9.78 Å². The van der Waals surface area contributed by atoms with Crippen molar-refractivity contribution in [1.29, 1.82) is 0 Å². The van der Waals surface area contributed by atoms with Crippen molar-refractivity contribution >= 4 is 33.3 Å². The molecule has 11 nitrogen and oxygen atoms in total. The number of anilines is 2. The number of nitrogens with zero attached hydrogens (tertiary/aromatic N) is 3. The quantitative estimate of drug-likeness (QED) is 0.403. The molecule has 0 aliphatic carbocycles. The van der Waals surface area contributed by atoms with Gasteiger partial charge in [-0.05, 0) is 31.2 Å². The van der Waals surface area contributed by atoms with Crippen LogP contribution < -0.4 is 16.2 Å². The molecule has 150 valence electrons. The molecule has 0 unspecified atom stereocenters. The number of nitrogens with two attached hydrogens (primary N) is 2. The Hall–Kier alpha value is -3.93. The number of nitro benzene ring substituents is 1. The number of sulfonamides is 1. The van der Waals surface area contributed by atoms with Gasteiger partial charge in [0.1, 0.15) is 11.4 Å². The fraction of sp³-hybridized carbons (Fsp3) is 0.0588. The van der Waals surface area contributed by atoms with Crippen molar-refractivity contribution in [3.8, 4) is 5.69 Å². The maximum atomic E-state index is 12.6. The second kappa shape index (κ2) is 7.24. The first-order chi connectivity index (χ1) is 13.6. The molecule has 0 atom stereocenters. The van der Waals surface area contributed by atoms with Crippen LogP contribution in [0, 0.1) is 17.0 Å². The van der Waals surface area contributed by atoms with Gasteiger partial charge in [-0.3, -0.25) is 19.6 Å². The number of nitrogens with one attached hydrogen (secondary N) is 1. The highest BCUT2D eigenvalue weighted by Crippen LogP contribution is 2.27. The van der Waals surface area contributed by atoms with Crippen LogP contribution in [0.2, 0.25) is 0 Å². The van der Waals surface area contributed by atoms with Crippen LogP contribution in [0.3, 0.4) is 0 Å². The molecule has 5 N–H and O–H groups in total. The number of aryl methyl sites for hydroxylation is 1. The number of carbonyl (C=O) groups is 1. The van der Waals surface area contributed by atoms with Crippen LogP contribution in [0.4, 0.5) is 17.3 Å². The molecule has 0 spiro atoms. The number of hydrogen-bond donors (Lipinski definition) is 3. The molecule has 3 rings (SSSR count). The highest BCUT2D eigenvalue weighted by molar-refractivity contribution is 7.92. The lowest BCUT2D eigenvalue weighted by Crippen LogP contribution is -2.18. The molecule has 12 heteroatoms. The largest absolute Gasteiger partial charge is 0.383 e. The summed E-state index contributed by atoms with van der Waals surface area (Å²) in [6.07, 6.45) is 0. The van der Waals surface area contributed by atoms with Crippen LogP contribution in [0.5, 0.6) is 0 Å². The second-order valence-corrected chi connectivity index (χ2v) is 7.76. The zero-order chi connectivity index (χ0) is 21.3. The Labute approximate surface area is 165 Å².